The second kappa shape index (κ2) is 5.45. The Morgan fingerprint density at radius 2 is 2.23 bits per heavy atom. The van der Waals surface area contributed by atoms with E-state index in [1.165, 1.54) is 18.3 Å². The van der Waals surface area contributed by atoms with E-state index in [1.807, 2.05) is 0 Å². The summed E-state index contributed by atoms with van der Waals surface area (Å²) in [5, 5.41) is 18.3. The molecule has 0 amide bonds. The Kier molecular flexibility index (Phi) is 3.75. The van der Waals surface area contributed by atoms with Crippen LogP contribution in [0.5, 0.6) is 0 Å². The Balaban J connectivity index is 1.73. The zero-order valence-electron chi connectivity index (χ0n) is 11.6. The minimum absolute atomic E-state index is 0.0136. The molecule has 2 aromatic rings. The molecule has 1 aliphatic carbocycles. The number of rotatable bonds is 6. The lowest BCUT2D eigenvalue weighted by Crippen LogP contribution is -2.23. The van der Waals surface area contributed by atoms with Crippen LogP contribution in [0.4, 0.5) is 0 Å². The average molecular weight is 343 g/mol. The largest absolute Gasteiger partial charge is 0.475 e. The van der Waals surface area contributed by atoms with Crippen molar-refractivity contribution in [2.24, 2.45) is 0 Å². The Bertz CT molecular complexity index is 820. The molecule has 0 spiro atoms. The van der Waals surface area contributed by atoms with E-state index in [0.717, 1.165) is 23.9 Å². The summed E-state index contributed by atoms with van der Waals surface area (Å²) in [6.07, 6.45) is 2.21. The molecule has 0 aromatic carbocycles. The number of aryl methyl sites for hydroxylation is 1. The zero-order valence-corrected chi connectivity index (χ0v) is 13.2. The first-order valence-electron chi connectivity index (χ1n) is 6.52. The number of carboxylic acid groups (broad SMARTS) is 1. The number of nitrogens with zero attached hydrogens (tertiary/aromatic N) is 2. The van der Waals surface area contributed by atoms with Crippen LogP contribution in [0.1, 0.15) is 45.1 Å². The number of carbonyl (C=O) groups is 1. The maximum atomic E-state index is 12.2. The molecule has 0 radical (unpaired) electrons. The van der Waals surface area contributed by atoms with E-state index >= 15 is 0 Å². The molecule has 2 N–H and O–H groups in total. The fourth-order valence-electron chi connectivity index (χ4n) is 1.91. The van der Waals surface area contributed by atoms with Gasteiger partial charge in [0.15, 0.2) is 0 Å². The molecular weight excluding hydrogens is 330 g/mol. The lowest BCUT2D eigenvalue weighted by molar-refractivity contribution is 0.0661. The van der Waals surface area contributed by atoms with Crippen LogP contribution < -0.4 is 4.72 Å². The zero-order chi connectivity index (χ0) is 15.9. The van der Waals surface area contributed by atoms with E-state index in [4.69, 9.17) is 9.52 Å². The quantitative estimate of drug-likeness (QED) is 0.814. The van der Waals surface area contributed by atoms with Crippen LogP contribution in [0, 0.1) is 6.92 Å². The number of hydrogen-bond donors (Lipinski definition) is 2. The molecule has 8 nitrogen and oxygen atoms in total. The van der Waals surface area contributed by atoms with E-state index in [0.29, 0.717) is 10.9 Å². The van der Waals surface area contributed by atoms with Gasteiger partial charge in [-0.1, -0.05) is 11.3 Å². The maximum absolute atomic E-state index is 12.2. The Morgan fingerprint density at radius 3 is 2.82 bits per heavy atom. The van der Waals surface area contributed by atoms with Gasteiger partial charge in [0.2, 0.25) is 15.8 Å². The van der Waals surface area contributed by atoms with Gasteiger partial charge in [0.05, 0.1) is 6.54 Å². The molecule has 0 saturated heterocycles. The summed E-state index contributed by atoms with van der Waals surface area (Å²) in [6, 6.07) is 0.996. The second-order valence-corrected chi connectivity index (χ2v) is 7.80. The topological polar surface area (TPSA) is 122 Å². The number of aromatic nitrogens is 2. The van der Waals surface area contributed by atoms with Crippen molar-refractivity contribution in [2.75, 3.05) is 0 Å². The number of sulfonamides is 1. The van der Waals surface area contributed by atoms with Crippen molar-refractivity contribution >= 4 is 27.3 Å². The van der Waals surface area contributed by atoms with Crippen molar-refractivity contribution in [3.63, 3.8) is 0 Å². The molecule has 0 unspecified atom stereocenters. The Morgan fingerprint density at radius 1 is 1.50 bits per heavy atom. The van der Waals surface area contributed by atoms with Gasteiger partial charge < -0.3 is 9.52 Å². The molecule has 3 rings (SSSR count). The van der Waals surface area contributed by atoms with E-state index in [9.17, 15) is 13.2 Å². The predicted octanol–water partition coefficient (Wildman–Crippen LogP) is 1.49. The normalized spacial score (nSPS) is 15.1. The summed E-state index contributed by atoms with van der Waals surface area (Å²) in [5.41, 5.74) is 0. The summed E-state index contributed by atoms with van der Waals surface area (Å²) < 4.78 is 31.7. The van der Waals surface area contributed by atoms with Gasteiger partial charge in [-0.05, 0) is 19.8 Å². The van der Waals surface area contributed by atoms with Crippen molar-refractivity contribution in [1.29, 1.82) is 0 Å². The molecule has 1 fully saturated rings. The SMILES string of the molecule is Cc1oc(C(=O)O)cc1S(=O)(=O)NCc1nnc(C2CC2)s1. The highest BCUT2D eigenvalue weighted by Gasteiger charge is 2.28. The minimum atomic E-state index is -3.87. The molecule has 1 saturated carbocycles. The van der Waals surface area contributed by atoms with Gasteiger partial charge in [-0.15, -0.1) is 10.2 Å². The van der Waals surface area contributed by atoms with E-state index in [2.05, 4.69) is 14.9 Å². The molecule has 2 heterocycles. The lowest BCUT2D eigenvalue weighted by atomic mass is 10.4. The Labute approximate surface area is 130 Å². The van der Waals surface area contributed by atoms with Crippen molar-refractivity contribution in [3.05, 3.63) is 27.6 Å². The summed E-state index contributed by atoms with van der Waals surface area (Å²) in [6.45, 7) is 1.41. The Hall–Kier alpha value is -1.78. The molecule has 0 aliphatic heterocycles. The van der Waals surface area contributed by atoms with Crippen LogP contribution in [0.2, 0.25) is 0 Å². The highest BCUT2D eigenvalue weighted by Crippen LogP contribution is 2.41. The van der Waals surface area contributed by atoms with E-state index in [-0.39, 0.29) is 17.2 Å². The summed E-state index contributed by atoms with van der Waals surface area (Å²) in [5.74, 6) is -1.23. The third kappa shape index (κ3) is 3.03. The van der Waals surface area contributed by atoms with Crippen LogP contribution >= 0.6 is 11.3 Å². The fraction of sp³-hybridized carbons (Fsp3) is 0.417. The summed E-state index contributed by atoms with van der Waals surface area (Å²) >= 11 is 1.39. The molecule has 0 atom stereocenters. The molecule has 10 heteroatoms. The third-order valence-corrected chi connectivity index (χ3v) is 5.79. The van der Waals surface area contributed by atoms with Crippen LogP contribution in [0.25, 0.3) is 0 Å². The maximum Gasteiger partial charge on any atom is 0.371 e. The van der Waals surface area contributed by atoms with Gasteiger partial charge in [0.1, 0.15) is 20.7 Å². The fourth-order valence-corrected chi connectivity index (χ4v) is 4.11. The van der Waals surface area contributed by atoms with Crippen LogP contribution in [0.3, 0.4) is 0 Å². The van der Waals surface area contributed by atoms with Crippen LogP contribution in [-0.2, 0) is 16.6 Å². The average Bonchev–Trinajstić information content (AvgIpc) is 3.05. The van der Waals surface area contributed by atoms with Gasteiger partial charge in [-0.25, -0.2) is 17.9 Å². The first kappa shape index (κ1) is 15.1. The van der Waals surface area contributed by atoms with Gasteiger partial charge in [0.25, 0.3) is 0 Å². The van der Waals surface area contributed by atoms with Crippen LogP contribution in [-0.4, -0.2) is 29.7 Å². The van der Waals surface area contributed by atoms with Crippen molar-refractivity contribution in [1.82, 2.24) is 14.9 Å². The molecule has 0 bridgehead atoms. The smallest absolute Gasteiger partial charge is 0.371 e. The summed E-state index contributed by atoms with van der Waals surface area (Å²) in [7, 11) is -3.87. The highest BCUT2D eigenvalue weighted by atomic mass is 32.2. The van der Waals surface area contributed by atoms with Gasteiger partial charge in [0, 0.05) is 12.0 Å². The molecule has 2 aromatic heterocycles. The number of aromatic carboxylic acids is 1. The molecule has 22 heavy (non-hydrogen) atoms. The second-order valence-electron chi connectivity index (χ2n) is 4.97. The molecule has 1 aliphatic rings. The first-order chi connectivity index (χ1) is 10.4. The lowest BCUT2D eigenvalue weighted by Gasteiger charge is -2.02. The van der Waals surface area contributed by atoms with Gasteiger partial charge in [-0.2, -0.15) is 0 Å². The van der Waals surface area contributed by atoms with Crippen molar-refractivity contribution in [3.8, 4) is 0 Å². The molecular formula is C12H13N3O5S2. The van der Waals surface area contributed by atoms with Crippen molar-refractivity contribution in [2.45, 2.75) is 37.1 Å². The van der Waals surface area contributed by atoms with E-state index < -0.39 is 21.8 Å². The van der Waals surface area contributed by atoms with Crippen molar-refractivity contribution < 1.29 is 22.7 Å². The molecule has 118 valence electrons. The standard InChI is InChI=1S/C12H13N3O5S2/c1-6-9(4-8(20-6)12(16)17)22(18,19)13-5-10-14-15-11(21-10)7-2-3-7/h4,7,13H,2-3,5H2,1H3,(H,16,17). The van der Waals surface area contributed by atoms with E-state index in [1.54, 1.807) is 0 Å². The third-order valence-electron chi connectivity index (χ3n) is 3.20. The van der Waals surface area contributed by atoms with Gasteiger partial charge >= 0.3 is 5.97 Å². The highest BCUT2D eigenvalue weighted by molar-refractivity contribution is 7.89. The minimum Gasteiger partial charge on any atom is -0.475 e. The number of nitrogens with one attached hydrogen (secondary N) is 1. The number of furan rings is 1. The first-order valence-corrected chi connectivity index (χ1v) is 8.82. The number of hydrogen-bond acceptors (Lipinski definition) is 7. The summed E-state index contributed by atoms with van der Waals surface area (Å²) in [4.78, 5) is 10.6. The predicted molar refractivity (Wildman–Crippen MR) is 76.3 cm³/mol. The number of carboxylic acids is 1. The van der Waals surface area contributed by atoms with Gasteiger partial charge in [-0.3, -0.25) is 0 Å². The monoisotopic (exact) mass is 343 g/mol. The van der Waals surface area contributed by atoms with Crippen LogP contribution in [0.15, 0.2) is 15.4 Å².